The lowest BCUT2D eigenvalue weighted by atomic mass is 9.97. The van der Waals surface area contributed by atoms with Crippen LogP contribution < -0.4 is 0 Å². The molecule has 1 aliphatic rings. The maximum Gasteiger partial charge on any atom is 0.0437 e. The summed E-state index contributed by atoms with van der Waals surface area (Å²) in [6.07, 6.45) is 0.906. The molecule has 70 valence electrons. The number of rotatable bonds is 2. The van der Waals surface area contributed by atoms with Crippen molar-refractivity contribution in [1.29, 1.82) is 0 Å². The second kappa shape index (κ2) is 3.72. The number of hydrogen-bond acceptors (Lipinski definition) is 2. The Kier molecular flexibility index (Phi) is 2.61. The second-order valence-electron chi connectivity index (χ2n) is 3.56. The van der Waals surface area contributed by atoms with Crippen molar-refractivity contribution < 1.29 is 5.11 Å². The maximum absolute atomic E-state index is 8.91. The van der Waals surface area contributed by atoms with E-state index in [1.807, 2.05) is 11.8 Å². The summed E-state index contributed by atoms with van der Waals surface area (Å²) in [4.78, 5) is 1.41. The van der Waals surface area contributed by atoms with Crippen LogP contribution in [0.3, 0.4) is 0 Å². The summed E-state index contributed by atoms with van der Waals surface area (Å²) in [7, 11) is 0. The quantitative estimate of drug-likeness (QED) is 0.781. The van der Waals surface area contributed by atoms with Gasteiger partial charge in [0, 0.05) is 17.3 Å². The lowest BCUT2D eigenvalue weighted by molar-refractivity contribution is 0.279. The molecule has 0 bridgehead atoms. The van der Waals surface area contributed by atoms with E-state index in [2.05, 4.69) is 25.1 Å². The van der Waals surface area contributed by atoms with Gasteiger partial charge in [0.2, 0.25) is 0 Å². The van der Waals surface area contributed by atoms with E-state index in [-0.39, 0.29) is 0 Å². The smallest absolute Gasteiger partial charge is 0.0437 e. The van der Waals surface area contributed by atoms with Crippen molar-refractivity contribution in [2.24, 2.45) is 0 Å². The molecule has 2 heteroatoms. The van der Waals surface area contributed by atoms with Crippen LogP contribution in [0.4, 0.5) is 0 Å². The largest absolute Gasteiger partial charge is 0.396 e. The van der Waals surface area contributed by atoms with Gasteiger partial charge in [0.1, 0.15) is 0 Å². The molecule has 0 spiro atoms. The fourth-order valence-electron chi connectivity index (χ4n) is 1.79. The summed E-state index contributed by atoms with van der Waals surface area (Å²) in [5, 5.41) is 8.91. The van der Waals surface area contributed by atoms with Crippen molar-refractivity contribution in [2.45, 2.75) is 24.2 Å². The molecule has 0 aromatic heterocycles. The first-order valence-corrected chi connectivity index (χ1v) is 5.64. The highest BCUT2D eigenvalue weighted by atomic mass is 32.2. The average molecular weight is 194 g/mol. The van der Waals surface area contributed by atoms with Gasteiger partial charge in [-0.3, -0.25) is 0 Å². The van der Waals surface area contributed by atoms with E-state index in [9.17, 15) is 0 Å². The van der Waals surface area contributed by atoms with Crippen molar-refractivity contribution in [3.8, 4) is 0 Å². The molecule has 1 aliphatic heterocycles. The van der Waals surface area contributed by atoms with Crippen molar-refractivity contribution >= 4 is 11.8 Å². The first-order chi connectivity index (χ1) is 6.31. The van der Waals surface area contributed by atoms with Gasteiger partial charge in [-0.25, -0.2) is 0 Å². The number of aryl methyl sites for hydroxylation is 1. The van der Waals surface area contributed by atoms with Crippen molar-refractivity contribution in [3.63, 3.8) is 0 Å². The minimum atomic E-state index is 0.304. The average Bonchev–Trinajstić information content (AvgIpc) is 2.49. The van der Waals surface area contributed by atoms with Crippen LogP contribution in [-0.2, 0) is 0 Å². The first-order valence-electron chi connectivity index (χ1n) is 4.65. The Morgan fingerprint density at radius 2 is 2.38 bits per heavy atom. The molecule has 13 heavy (non-hydrogen) atoms. The molecule has 2 rings (SSSR count). The van der Waals surface area contributed by atoms with Gasteiger partial charge in [0.25, 0.3) is 0 Å². The van der Waals surface area contributed by atoms with E-state index in [0.29, 0.717) is 12.5 Å². The highest BCUT2D eigenvalue weighted by molar-refractivity contribution is 7.99. The van der Waals surface area contributed by atoms with Gasteiger partial charge in [0.15, 0.2) is 0 Å². The molecule has 0 radical (unpaired) electrons. The van der Waals surface area contributed by atoms with Gasteiger partial charge >= 0.3 is 0 Å². The Morgan fingerprint density at radius 1 is 1.54 bits per heavy atom. The summed E-state index contributed by atoms with van der Waals surface area (Å²) in [6.45, 7) is 2.43. The Labute approximate surface area is 83.2 Å². The molecular weight excluding hydrogens is 180 g/mol. The van der Waals surface area contributed by atoms with Crippen molar-refractivity contribution in [1.82, 2.24) is 0 Å². The van der Waals surface area contributed by atoms with Crippen LogP contribution in [0.2, 0.25) is 0 Å². The molecular formula is C11H14OS. The van der Waals surface area contributed by atoms with Crippen LogP contribution in [0.5, 0.6) is 0 Å². The first kappa shape index (κ1) is 9.10. The van der Waals surface area contributed by atoms with Gasteiger partial charge in [-0.15, -0.1) is 11.8 Å². The summed E-state index contributed by atoms with van der Waals surface area (Å²) in [6, 6.07) is 6.62. The summed E-state index contributed by atoms with van der Waals surface area (Å²) < 4.78 is 0. The highest BCUT2D eigenvalue weighted by Crippen LogP contribution is 2.41. The molecule has 0 fully saturated rings. The van der Waals surface area contributed by atoms with Crippen LogP contribution >= 0.6 is 11.8 Å². The summed E-state index contributed by atoms with van der Waals surface area (Å²) >= 11 is 1.91. The molecule has 0 aliphatic carbocycles. The van der Waals surface area contributed by atoms with Crippen molar-refractivity contribution in [3.05, 3.63) is 29.3 Å². The normalized spacial score (nSPS) is 20.3. The Hall–Kier alpha value is -0.470. The standard InChI is InChI=1S/C11H14OS/c1-8-2-3-11-10(6-8)9(4-5-12)7-13-11/h2-3,6,9,12H,4-5,7H2,1H3. The molecule has 0 amide bonds. The maximum atomic E-state index is 8.91. The van der Waals surface area contributed by atoms with E-state index in [1.165, 1.54) is 16.0 Å². The Morgan fingerprint density at radius 3 is 3.15 bits per heavy atom. The summed E-state index contributed by atoms with van der Waals surface area (Å²) in [5.41, 5.74) is 2.77. The third-order valence-electron chi connectivity index (χ3n) is 2.52. The van der Waals surface area contributed by atoms with E-state index in [4.69, 9.17) is 5.11 Å². The van der Waals surface area contributed by atoms with Crippen LogP contribution in [0.1, 0.15) is 23.5 Å². The molecule has 1 unspecified atom stereocenters. The minimum absolute atomic E-state index is 0.304. The van der Waals surface area contributed by atoms with Gasteiger partial charge in [-0.05, 0) is 30.9 Å². The van der Waals surface area contributed by atoms with Crippen molar-refractivity contribution in [2.75, 3.05) is 12.4 Å². The highest BCUT2D eigenvalue weighted by Gasteiger charge is 2.22. The number of aliphatic hydroxyl groups excluding tert-OH is 1. The number of hydrogen-bond donors (Lipinski definition) is 1. The van der Waals surface area contributed by atoms with E-state index < -0.39 is 0 Å². The zero-order chi connectivity index (χ0) is 9.26. The summed E-state index contributed by atoms with van der Waals surface area (Å²) in [5.74, 6) is 1.71. The van der Waals surface area contributed by atoms with Gasteiger partial charge in [-0.1, -0.05) is 17.7 Å². The van der Waals surface area contributed by atoms with Gasteiger partial charge in [0.05, 0.1) is 0 Å². The number of fused-ring (bicyclic) bond motifs is 1. The van der Waals surface area contributed by atoms with Crippen LogP contribution in [0, 0.1) is 6.92 Å². The Bertz CT molecular complexity index is 307. The van der Waals surface area contributed by atoms with Gasteiger partial charge < -0.3 is 5.11 Å². The molecule has 1 nitrogen and oxygen atoms in total. The number of aliphatic hydroxyl groups is 1. The van der Waals surface area contributed by atoms with E-state index in [1.54, 1.807) is 0 Å². The molecule has 1 atom stereocenters. The van der Waals surface area contributed by atoms with E-state index in [0.717, 1.165) is 12.2 Å². The lowest BCUT2D eigenvalue weighted by Crippen LogP contribution is -1.99. The zero-order valence-corrected chi connectivity index (χ0v) is 8.60. The zero-order valence-electron chi connectivity index (χ0n) is 7.79. The Balaban J connectivity index is 2.29. The third-order valence-corrected chi connectivity index (χ3v) is 3.77. The van der Waals surface area contributed by atoms with Gasteiger partial charge in [-0.2, -0.15) is 0 Å². The molecule has 1 N–H and O–H groups in total. The van der Waals surface area contributed by atoms with Crippen LogP contribution in [-0.4, -0.2) is 17.5 Å². The predicted octanol–water partition coefficient (Wildman–Crippen LogP) is 2.57. The lowest BCUT2D eigenvalue weighted by Gasteiger charge is -2.08. The molecule has 1 aromatic rings. The number of benzene rings is 1. The fourth-order valence-corrected chi connectivity index (χ4v) is 3.08. The fraction of sp³-hybridized carbons (Fsp3) is 0.455. The minimum Gasteiger partial charge on any atom is -0.396 e. The predicted molar refractivity (Wildman–Crippen MR) is 56.3 cm³/mol. The number of thioether (sulfide) groups is 1. The monoisotopic (exact) mass is 194 g/mol. The molecule has 0 saturated carbocycles. The molecule has 0 saturated heterocycles. The molecule has 1 aromatic carbocycles. The molecule has 1 heterocycles. The third kappa shape index (κ3) is 1.74. The topological polar surface area (TPSA) is 20.2 Å². The van der Waals surface area contributed by atoms with E-state index >= 15 is 0 Å². The SMILES string of the molecule is Cc1ccc2c(c1)C(CCO)CS2. The second-order valence-corrected chi connectivity index (χ2v) is 4.62. The van der Waals surface area contributed by atoms with Crippen LogP contribution in [0.15, 0.2) is 23.1 Å². The van der Waals surface area contributed by atoms with Crippen LogP contribution in [0.25, 0.3) is 0 Å².